The van der Waals surface area contributed by atoms with Gasteiger partial charge in [-0.25, -0.2) is 14.8 Å². The van der Waals surface area contributed by atoms with E-state index in [1.54, 1.807) is 24.7 Å². The first-order valence-corrected chi connectivity index (χ1v) is 11.8. The van der Waals surface area contributed by atoms with E-state index in [0.717, 1.165) is 34.4 Å². The maximum absolute atomic E-state index is 14.2. The number of benzene rings is 1. The van der Waals surface area contributed by atoms with Crippen molar-refractivity contribution in [2.45, 2.75) is 13.8 Å². The largest absolute Gasteiger partial charge is 0.378 e. The lowest BCUT2D eigenvalue weighted by Crippen LogP contribution is -2.37. The molecule has 0 unspecified atom stereocenters. The predicted octanol–water partition coefficient (Wildman–Crippen LogP) is 4.94. The van der Waals surface area contributed by atoms with Crippen LogP contribution in [0, 0.1) is 5.82 Å². The minimum Gasteiger partial charge on any atom is -0.378 e. The Balaban J connectivity index is 1.36. The van der Waals surface area contributed by atoms with Gasteiger partial charge in [0.15, 0.2) is 11.6 Å². The molecule has 37 heavy (non-hydrogen) atoms. The second-order valence-corrected chi connectivity index (χ2v) is 8.30. The molecule has 1 aliphatic heterocycles. The van der Waals surface area contributed by atoms with Gasteiger partial charge in [0.25, 0.3) is 0 Å². The zero-order valence-corrected chi connectivity index (χ0v) is 20.9. The van der Waals surface area contributed by atoms with E-state index in [0.29, 0.717) is 32.0 Å². The summed E-state index contributed by atoms with van der Waals surface area (Å²) in [7, 11) is 0. The molecule has 1 aliphatic rings. The van der Waals surface area contributed by atoms with E-state index in [1.807, 2.05) is 55.1 Å². The van der Waals surface area contributed by atoms with Crippen molar-refractivity contribution < 1.29 is 9.13 Å². The summed E-state index contributed by atoms with van der Waals surface area (Å²) in [6.07, 6.45) is 7.97. The van der Waals surface area contributed by atoms with Gasteiger partial charge in [0, 0.05) is 30.7 Å². The number of hydrazone groups is 1. The van der Waals surface area contributed by atoms with Crippen molar-refractivity contribution in [2.75, 3.05) is 41.9 Å². The standard InChI is InChI=1S/C27H29FN8O/c1-4-19(2)15-29-20(3)21-6-5-7-22(14-21)33-24-9-8-23(30-16-24)17-32-35-27-31-18-25(28)26(34-27)36-10-12-37-13-11-36/h4-9,14-18,33H,1,10-13H2,2-3H3,(H,31,34,35)/b19-15-,29-20+,32-17+. The SMILES string of the molecule is C=C/C(C)=C\N=C(/C)c1cccc(Nc2ccc(/C=N/Nc3ncc(F)c(N4CCOCC4)n3)nc2)c1. The molecule has 190 valence electrons. The highest BCUT2D eigenvalue weighted by Crippen LogP contribution is 2.19. The Labute approximate surface area is 215 Å². The molecule has 2 aromatic heterocycles. The van der Waals surface area contributed by atoms with E-state index in [-0.39, 0.29) is 11.8 Å². The number of nitrogens with one attached hydrogen (secondary N) is 2. The monoisotopic (exact) mass is 500 g/mol. The maximum Gasteiger partial charge on any atom is 0.245 e. The van der Waals surface area contributed by atoms with Crippen molar-refractivity contribution >= 4 is 35.1 Å². The number of aromatic nitrogens is 3. The number of pyridine rings is 1. The number of nitrogens with zero attached hydrogens (tertiary/aromatic N) is 6. The van der Waals surface area contributed by atoms with Gasteiger partial charge in [-0.3, -0.25) is 9.98 Å². The van der Waals surface area contributed by atoms with Crippen LogP contribution in [0.15, 0.2) is 83.3 Å². The lowest BCUT2D eigenvalue weighted by molar-refractivity contribution is 0.122. The van der Waals surface area contributed by atoms with Crippen LogP contribution in [-0.4, -0.2) is 53.2 Å². The van der Waals surface area contributed by atoms with Crippen molar-refractivity contribution in [1.29, 1.82) is 0 Å². The normalized spacial score (nSPS) is 14.6. The van der Waals surface area contributed by atoms with E-state index >= 15 is 0 Å². The third kappa shape index (κ3) is 7.28. The van der Waals surface area contributed by atoms with Crippen LogP contribution in [-0.2, 0) is 4.74 Å². The van der Waals surface area contributed by atoms with Crippen molar-refractivity contribution in [3.63, 3.8) is 0 Å². The average molecular weight is 501 g/mol. The lowest BCUT2D eigenvalue weighted by Gasteiger charge is -2.27. The molecule has 2 N–H and O–H groups in total. The summed E-state index contributed by atoms with van der Waals surface area (Å²) < 4.78 is 19.5. The summed E-state index contributed by atoms with van der Waals surface area (Å²) in [4.78, 5) is 18.9. The van der Waals surface area contributed by atoms with Crippen LogP contribution in [0.3, 0.4) is 0 Å². The molecule has 0 saturated carbocycles. The van der Waals surface area contributed by atoms with Crippen LogP contribution in [0.2, 0.25) is 0 Å². The second-order valence-electron chi connectivity index (χ2n) is 8.30. The Morgan fingerprint density at radius 3 is 2.70 bits per heavy atom. The first-order chi connectivity index (χ1) is 18.0. The first-order valence-electron chi connectivity index (χ1n) is 11.8. The molecule has 0 aliphatic carbocycles. The van der Waals surface area contributed by atoms with Gasteiger partial charge in [0.05, 0.1) is 43.2 Å². The Kier molecular flexibility index (Phi) is 8.66. The van der Waals surface area contributed by atoms with Gasteiger partial charge in [0.1, 0.15) is 0 Å². The first kappa shape index (κ1) is 25.6. The van der Waals surface area contributed by atoms with Crippen molar-refractivity contribution in [2.24, 2.45) is 10.1 Å². The quantitative estimate of drug-likeness (QED) is 0.244. The number of morpholine rings is 1. The summed E-state index contributed by atoms with van der Waals surface area (Å²) in [5.74, 6) is -0.0430. The smallest absolute Gasteiger partial charge is 0.245 e. The van der Waals surface area contributed by atoms with Gasteiger partial charge in [-0.15, -0.1) is 0 Å². The van der Waals surface area contributed by atoms with Gasteiger partial charge in [-0.1, -0.05) is 24.8 Å². The van der Waals surface area contributed by atoms with Crippen LogP contribution >= 0.6 is 0 Å². The van der Waals surface area contributed by atoms with E-state index in [2.05, 4.69) is 42.4 Å². The Bertz CT molecular complexity index is 1310. The summed E-state index contributed by atoms with van der Waals surface area (Å²) >= 11 is 0. The molecule has 3 aromatic rings. The van der Waals surface area contributed by atoms with E-state index in [1.165, 1.54) is 0 Å². The highest BCUT2D eigenvalue weighted by atomic mass is 19.1. The average Bonchev–Trinajstić information content (AvgIpc) is 2.94. The van der Waals surface area contributed by atoms with Crippen molar-refractivity contribution in [3.8, 4) is 0 Å². The summed E-state index contributed by atoms with van der Waals surface area (Å²) in [6.45, 7) is 9.89. The van der Waals surface area contributed by atoms with Gasteiger partial charge in [0.2, 0.25) is 5.95 Å². The molecule has 1 fully saturated rings. The van der Waals surface area contributed by atoms with Crippen LogP contribution in [0.25, 0.3) is 0 Å². The molecule has 0 spiro atoms. The number of halogens is 1. The minimum atomic E-state index is -0.478. The van der Waals surface area contributed by atoms with Gasteiger partial charge in [-0.05, 0) is 49.2 Å². The number of anilines is 4. The number of hydrogen-bond acceptors (Lipinski definition) is 9. The van der Waals surface area contributed by atoms with Gasteiger partial charge in [-0.2, -0.15) is 10.1 Å². The zero-order chi connectivity index (χ0) is 26.0. The molecule has 10 heteroatoms. The molecular formula is C27H29FN8O. The second kappa shape index (κ2) is 12.5. The fraction of sp³-hybridized carbons (Fsp3) is 0.222. The molecular weight excluding hydrogens is 471 g/mol. The van der Waals surface area contributed by atoms with E-state index in [4.69, 9.17) is 4.74 Å². The number of ether oxygens (including phenoxy) is 1. The van der Waals surface area contributed by atoms with Gasteiger partial charge >= 0.3 is 0 Å². The highest BCUT2D eigenvalue weighted by Gasteiger charge is 2.17. The van der Waals surface area contributed by atoms with E-state index in [9.17, 15) is 4.39 Å². The topological polar surface area (TPSA) is 99.9 Å². The third-order valence-electron chi connectivity index (χ3n) is 5.54. The highest BCUT2D eigenvalue weighted by molar-refractivity contribution is 6.00. The minimum absolute atomic E-state index is 0.200. The molecule has 0 bridgehead atoms. The van der Waals surface area contributed by atoms with Crippen LogP contribution in [0.4, 0.5) is 27.5 Å². The molecule has 9 nitrogen and oxygen atoms in total. The van der Waals surface area contributed by atoms with Crippen LogP contribution in [0.5, 0.6) is 0 Å². The lowest BCUT2D eigenvalue weighted by atomic mass is 10.1. The fourth-order valence-corrected chi connectivity index (χ4v) is 3.44. The molecule has 0 atom stereocenters. The summed E-state index contributed by atoms with van der Waals surface area (Å²) in [5.41, 5.74) is 8.05. The van der Waals surface area contributed by atoms with Gasteiger partial charge < -0.3 is 15.0 Å². The van der Waals surface area contributed by atoms with Crippen molar-refractivity contribution in [1.82, 2.24) is 15.0 Å². The Morgan fingerprint density at radius 1 is 1.11 bits per heavy atom. The predicted molar refractivity (Wildman–Crippen MR) is 146 cm³/mol. The zero-order valence-electron chi connectivity index (χ0n) is 20.9. The van der Waals surface area contributed by atoms with E-state index < -0.39 is 5.82 Å². The molecule has 3 heterocycles. The molecule has 0 radical (unpaired) electrons. The number of rotatable bonds is 9. The molecule has 1 aromatic carbocycles. The number of hydrogen-bond donors (Lipinski definition) is 2. The van der Waals surface area contributed by atoms with Crippen molar-refractivity contribution in [3.05, 3.63) is 90.3 Å². The maximum atomic E-state index is 14.2. The molecule has 4 rings (SSSR count). The summed E-state index contributed by atoms with van der Waals surface area (Å²) in [5, 5.41) is 7.48. The Morgan fingerprint density at radius 2 is 1.95 bits per heavy atom. The number of aliphatic imine (C=N–C) groups is 1. The fourth-order valence-electron chi connectivity index (χ4n) is 3.44. The summed E-state index contributed by atoms with van der Waals surface area (Å²) in [6, 6.07) is 11.7. The number of allylic oxidation sites excluding steroid dienone is 2. The van der Waals surface area contributed by atoms with Crippen LogP contribution in [0.1, 0.15) is 25.1 Å². The molecule has 0 amide bonds. The van der Waals surface area contributed by atoms with Crippen LogP contribution < -0.4 is 15.6 Å². The third-order valence-corrected chi connectivity index (χ3v) is 5.54. The Hall–Kier alpha value is -4.44. The molecule has 1 saturated heterocycles.